The molecule has 2 N–H and O–H groups in total. The monoisotopic (exact) mass is 370 g/mol. The van der Waals surface area contributed by atoms with Crippen LogP contribution in [0.5, 0.6) is 5.75 Å². The van der Waals surface area contributed by atoms with Crippen LogP contribution in [0.15, 0.2) is 29.4 Å². The van der Waals surface area contributed by atoms with Crippen molar-refractivity contribution in [2.45, 2.75) is 24.5 Å². The van der Waals surface area contributed by atoms with E-state index in [0.29, 0.717) is 12.5 Å². The molecule has 1 aromatic carbocycles. The topological polar surface area (TPSA) is 75.2 Å². The molecule has 24 heavy (non-hydrogen) atoms. The zero-order valence-corrected chi connectivity index (χ0v) is 15.3. The van der Waals surface area contributed by atoms with Gasteiger partial charge in [-0.15, -0.1) is 22.6 Å². The number of nitrogens with zero attached hydrogens (tertiary/aromatic N) is 3. The normalized spacial score (nSPS) is 17.3. The van der Waals surface area contributed by atoms with Crippen molar-refractivity contribution in [2.75, 3.05) is 26.1 Å². The van der Waals surface area contributed by atoms with E-state index in [-0.39, 0.29) is 12.4 Å². The highest BCUT2D eigenvalue weighted by atomic mass is 35.5. The molecule has 1 unspecified atom stereocenters. The molecular formula is C16H23ClN4O2S. The van der Waals surface area contributed by atoms with Crippen LogP contribution in [-0.4, -0.2) is 40.8 Å². The number of hydrogen-bond acceptors (Lipinski definition) is 6. The van der Waals surface area contributed by atoms with Gasteiger partial charge in [0.15, 0.2) is 11.0 Å². The molecule has 2 heterocycles. The van der Waals surface area contributed by atoms with Crippen LogP contribution in [-0.2, 0) is 11.3 Å². The van der Waals surface area contributed by atoms with Gasteiger partial charge in [0.1, 0.15) is 5.75 Å². The number of rotatable bonds is 6. The predicted octanol–water partition coefficient (Wildman–Crippen LogP) is 2.68. The lowest BCUT2D eigenvalue weighted by atomic mass is 10.1. The third-order valence-corrected chi connectivity index (χ3v) is 5.06. The predicted molar refractivity (Wildman–Crippen MR) is 97.3 cm³/mol. The fraction of sp³-hybridized carbons (Fsp3) is 0.500. The van der Waals surface area contributed by atoms with Crippen LogP contribution in [0.3, 0.4) is 0 Å². The lowest BCUT2D eigenvalue weighted by Crippen LogP contribution is -2.19. The van der Waals surface area contributed by atoms with E-state index >= 15 is 0 Å². The van der Waals surface area contributed by atoms with Gasteiger partial charge in [-0.05, 0) is 30.9 Å². The van der Waals surface area contributed by atoms with E-state index in [0.717, 1.165) is 47.8 Å². The largest absolute Gasteiger partial charge is 0.497 e. The van der Waals surface area contributed by atoms with Gasteiger partial charge in [-0.3, -0.25) is 4.57 Å². The Kier molecular flexibility index (Phi) is 7.36. The zero-order chi connectivity index (χ0) is 16.1. The van der Waals surface area contributed by atoms with E-state index in [2.05, 4.69) is 10.2 Å². The van der Waals surface area contributed by atoms with Crippen molar-refractivity contribution in [2.24, 2.45) is 11.7 Å². The second kappa shape index (κ2) is 9.27. The molecule has 0 spiro atoms. The fourth-order valence-corrected chi connectivity index (χ4v) is 3.75. The number of nitrogens with two attached hydrogens (primary N) is 1. The Hall–Kier alpha value is -1.28. The molecule has 1 atom stereocenters. The maximum atomic E-state index is 5.83. The van der Waals surface area contributed by atoms with E-state index in [9.17, 15) is 0 Å². The lowest BCUT2D eigenvalue weighted by molar-refractivity contribution is 0.0632. The first-order valence-corrected chi connectivity index (χ1v) is 8.79. The second-order valence-electron chi connectivity index (χ2n) is 5.53. The van der Waals surface area contributed by atoms with Gasteiger partial charge < -0.3 is 15.2 Å². The molecule has 1 fully saturated rings. The molecule has 132 valence electrons. The quantitative estimate of drug-likeness (QED) is 0.788. The van der Waals surface area contributed by atoms with Gasteiger partial charge in [0.05, 0.1) is 25.9 Å². The third-order valence-electron chi connectivity index (χ3n) is 3.90. The second-order valence-corrected chi connectivity index (χ2v) is 6.52. The molecule has 1 aromatic heterocycles. The van der Waals surface area contributed by atoms with Crippen LogP contribution < -0.4 is 10.5 Å². The molecule has 0 radical (unpaired) electrons. The van der Waals surface area contributed by atoms with Gasteiger partial charge in [-0.2, -0.15) is 0 Å². The van der Waals surface area contributed by atoms with Crippen molar-refractivity contribution in [3.05, 3.63) is 30.1 Å². The SMILES string of the molecule is COc1cccc(-n2c(CN)nnc2SCC2CCCOC2)c1.Cl. The number of benzene rings is 1. The summed E-state index contributed by atoms with van der Waals surface area (Å²) in [4.78, 5) is 0. The maximum absolute atomic E-state index is 5.83. The molecule has 0 saturated carbocycles. The van der Waals surface area contributed by atoms with Gasteiger partial charge in [-0.1, -0.05) is 17.8 Å². The summed E-state index contributed by atoms with van der Waals surface area (Å²) in [5, 5.41) is 9.41. The number of thioether (sulfide) groups is 1. The van der Waals surface area contributed by atoms with Crippen molar-refractivity contribution in [1.82, 2.24) is 14.8 Å². The molecule has 0 bridgehead atoms. The summed E-state index contributed by atoms with van der Waals surface area (Å²) in [6.07, 6.45) is 2.35. The Morgan fingerprint density at radius 1 is 1.42 bits per heavy atom. The molecule has 8 heteroatoms. The molecule has 1 saturated heterocycles. The number of methoxy groups -OCH3 is 1. The minimum atomic E-state index is 0. The molecule has 6 nitrogen and oxygen atoms in total. The average Bonchev–Trinajstić information content (AvgIpc) is 3.04. The molecule has 2 aromatic rings. The zero-order valence-electron chi connectivity index (χ0n) is 13.7. The average molecular weight is 371 g/mol. The highest BCUT2D eigenvalue weighted by molar-refractivity contribution is 7.99. The van der Waals surface area contributed by atoms with E-state index in [1.165, 1.54) is 6.42 Å². The smallest absolute Gasteiger partial charge is 0.195 e. The van der Waals surface area contributed by atoms with Crippen LogP contribution in [0.4, 0.5) is 0 Å². The van der Waals surface area contributed by atoms with Crippen molar-refractivity contribution in [3.8, 4) is 11.4 Å². The highest BCUT2D eigenvalue weighted by Gasteiger charge is 2.18. The minimum absolute atomic E-state index is 0. The van der Waals surface area contributed by atoms with Crippen LogP contribution >= 0.6 is 24.2 Å². The molecule has 0 aliphatic carbocycles. The summed E-state index contributed by atoms with van der Waals surface area (Å²) in [5.41, 5.74) is 6.80. The Morgan fingerprint density at radius 3 is 3.00 bits per heavy atom. The highest BCUT2D eigenvalue weighted by Crippen LogP contribution is 2.27. The molecule has 3 rings (SSSR count). The first-order valence-electron chi connectivity index (χ1n) is 7.81. The fourth-order valence-electron chi connectivity index (χ4n) is 2.67. The Balaban J connectivity index is 0.00000208. The molecule has 1 aliphatic heterocycles. The van der Waals surface area contributed by atoms with Gasteiger partial charge in [0.25, 0.3) is 0 Å². The Morgan fingerprint density at radius 2 is 2.29 bits per heavy atom. The molecule has 0 amide bonds. The van der Waals surface area contributed by atoms with Crippen molar-refractivity contribution >= 4 is 24.2 Å². The number of ether oxygens (including phenoxy) is 2. The number of halogens is 1. The van der Waals surface area contributed by atoms with Crippen molar-refractivity contribution in [1.29, 1.82) is 0 Å². The van der Waals surface area contributed by atoms with Gasteiger partial charge >= 0.3 is 0 Å². The summed E-state index contributed by atoms with van der Waals surface area (Å²) in [5.74, 6) is 3.11. The van der Waals surface area contributed by atoms with Crippen LogP contribution in [0.25, 0.3) is 5.69 Å². The summed E-state index contributed by atoms with van der Waals surface area (Å²) in [6, 6.07) is 7.86. The van der Waals surface area contributed by atoms with Gasteiger partial charge in [-0.25, -0.2) is 0 Å². The van der Waals surface area contributed by atoms with E-state index in [1.807, 2.05) is 28.8 Å². The maximum Gasteiger partial charge on any atom is 0.195 e. The Labute approximate surface area is 152 Å². The molecule has 1 aliphatic rings. The third kappa shape index (κ3) is 4.42. The van der Waals surface area contributed by atoms with Crippen LogP contribution in [0, 0.1) is 5.92 Å². The van der Waals surface area contributed by atoms with E-state index in [1.54, 1.807) is 18.9 Å². The lowest BCUT2D eigenvalue weighted by Gasteiger charge is -2.21. The van der Waals surface area contributed by atoms with Crippen molar-refractivity contribution in [3.63, 3.8) is 0 Å². The van der Waals surface area contributed by atoms with Crippen molar-refractivity contribution < 1.29 is 9.47 Å². The van der Waals surface area contributed by atoms with Crippen LogP contribution in [0.1, 0.15) is 18.7 Å². The van der Waals surface area contributed by atoms with Gasteiger partial charge in [0, 0.05) is 18.4 Å². The van der Waals surface area contributed by atoms with Crippen LogP contribution in [0.2, 0.25) is 0 Å². The summed E-state index contributed by atoms with van der Waals surface area (Å²) in [6.45, 7) is 2.07. The van der Waals surface area contributed by atoms with E-state index in [4.69, 9.17) is 15.2 Å². The number of aromatic nitrogens is 3. The number of hydrogen-bond donors (Lipinski definition) is 1. The summed E-state index contributed by atoms with van der Waals surface area (Å²) >= 11 is 1.71. The standard InChI is InChI=1S/C16H22N4O2S.ClH/c1-21-14-6-2-5-13(8-14)20-15(9-17)18-19-16(20)23-11-12-4-3-7-22-10-12;/h2,5-6,8,12H,3-4,7,9-11,17H2,1H3;1H. The first-order chi connectivity index (χ1) is 11.3. The molecular weight excluding hydrogens is 348 g/mol. The summed E-state index contributed by atoms with van der Waals surface area (Å²) < 4.78 is 12.9. The Bertz CT molecular complexity index is 647. The minimum Gasteiger partial charge on any atom is -0.497 e. The first kappa shape index (κ1) is 19.1. The van der Waals surface area contributed by atoms with Gasteiger partial charge in [0.2, 0.25) is 0 Å². The summed E-state index contributed by atoms with van der Waals surface area (Å²) in [7, 11) is 1.66. The van der Waals surface area contributed by atoms with E-state index < -0.39 is 0 Å².